The first-order chi connectivity index (χ1) is 19.4. The number of methoxy groups -OCH3 is 2. The molecule has 0 saturated heterocycles. The molecule has 0 aromatic heterocycles. The van der Waals surface area contributed by atoms with Gasteiger partial charge in [-0.1, -0.05) is 42.8 Å². The number of carbonyl (C=O) groups is 3. The third-order valence-electron chi connectivity index (χ3n) is 6.48. The largest absolute Gasteiger partial charge is 0.497 e. The first-order valence-corrected chi connectivity index (χ1v) is 13.3. The average Bonchev–Trinajstić information content (AvgIpc) is 2.99. The molecule has 40 heavy (non-hydrogen) atoms. The summed E-state index contributed by atoms with van der Waals surface area (Å²) in [4.78, 5) is 39.1. The molecule has 0 aliphatic rings. The molecular formula is C31H37N3O6. The second kappa shape index (κ2) is 15.9. The van der Waals surface area contributed by atoms with Crippen LogP contribution in [0, 0.1) is 0 Å². The van der Waals surface area contributed by atoms with E-state index in [4.69, 9.17) is 14.7 Å². The number of unbranched alkanes of at least 4 members (excludes halogenated alkanes) is 2. The number of anilines is 1. The maximum absolute atomic E-state index is 13.4. The van der Waals surface area contributed by atoms with E-state index in [2.05, 4.69) is 5.32 Å². The molecule has 0 saturated carbocycles. The van der Waals surface area contributed by atoms with Crippen LogP contribution in [0.3, 0.4) is 0 Å². The number of hydrogen-bond acceptors (Lipinski definition) is 6. The predicted molar refractivity (Wildman–Crippen MR) is 153 cm³/mol. The van der Waals surface area contributed by atoms with Gasteiger partial charge in [-0.2, -0.15) is 0 Å². The lowest BCUT2D eigenvalue weighted by atomic mass is 10.1. The van der Waals surface area contributed by atoms with Crippen molar-refractivity contribution in [3.05, 3.63) is 89.5 Å². The molecule has 0 atom stereocenters. The Kier molecular flexibility index (Phi) is 12.0. The molecule has 0 aliphatic heterocycles. The second-order valence-electron chi connectivity index (χ2n) is 9.30. The van der Waals surface area contributed by atoms with E-state index in [-0.39, 0.29) is 31.2 Å². The Balaban J connectivity index is 1.65. The summed E-state index contributed by atoms with van der Waals surface area (Å²) in [6, 6.07) is 22.3. The van der Waals surface area contributed by atoms with Crippen molar-refractivity contribution in [1.82, 2.24) is 10.8 Å². The van der Waals surface area contributed by atoms with Gasteiger partial charge in [0.15, 0.2) is 0 Å². The zero-order chi connectivity index (χ0) is 28.7. The smallest absolute Gasteiger partial charge is 0.251 e. The van der Waals surface area contributed by atoms with E-state index in [1.54, 1.807) is 42.8 Å². The number of ether oxygens (including phenoxy) is 2. The normalized spacial score (nSPS) is 10.5. The maximum Gasteiger partial charge on any atom is 0.251 e. The first-order valence-electron chi connectivity index (χ1n) is 13.3. The van der Waals surface area contributed by atoms with Crippen LogP contribution >= 0.6 is 0 Å². The van der Waals surface area contributed by atoms with Gasteiger partial charge in [0.05, 0.1) is 26.5 Å². The molecule has 0 radical (unpaired) electrons. The van der Waals surface area contributed by atoms with Crippen molar-refractivity contribution in [2.24, 2.45) is 0 Å². The van der Waals surface area contributed by atoms with Gasteiger partial charge in [-0.3, -0.25) is 19.6 Å². The Hall–Kier alpha value is -4.37. The number of benzene rings is 3. The van der Waals surface area contributed by atoms with E-state index in [9.17, 15) is 14.4 Å². The minimum absolute atomic E-state index is 0.0922. The van der Waals surface area contributed by atoms with E-state index in [0.29, 0.717) is 49.2 Å². The quantitative estimate of drug-likeness (QED) is 0.145. The SMILES string of the molecule is COc1ccc(CCNC(=O)c2cccc(CN(C(=O)CCCCCC(=O)NO)c3ccccc3OC)c2)cc1. The lowest BCUT2D eigenvalue weighted by Gasteiger charge is -2.25. The van der Waals surface area contributed by atoms with Crippen LogP contribution in [0.1, 0.15) is 53.6 Å². The van der Waals surface area contributed by atoms with Crippen LogP contribution in [-0.4, -0.2) is 43.7 Å². The fourth-order valence-corrected chi connectivity index (χ4v) is 4.30. The number of rotatable bonds is 15. The van der Waals surface area contributed by atoms with Crippen LogP contribution in [0.15, 0.2) is 72.8 Å². The van der Waals surface area contributed by atoms with Gasteiger partial charge >= 0.3 is 0 Å². The zero-order valence-electron chi connectivity index (χ0n) is 23.0. The Morgan fingerprint density at radius 1 is 0.825 bits per heavy atom. The van der Waals surface area contributed by atoms with Crippen LogP contribution in [0.2, 0.25) is 0 Å². The monoisotopic (exact) mass is 547 g/mol. The molecule has 0 spiro atoms. The average molecular weight is 548 g/mol. The molecule has 3 N–H and O–H groups in total. The molecule has 0 bridgehead atoms. The van der Waals surface area contributed by atoms with Gasteiger partial charge < -0.3 is 19.7 Å². The van der Waals surface area contributed by atoms with Crippen molar-refractivity contribution < 1.29 is 29.1 Å². The molecule has 3 aromatic carbocycles. The molecule has 3 rings (SSSR count). The Labute approximate surface area is 235 Å². The van der Waals surface area contributed by atoms with Gasteiger partial charge in [-0.25, -0.2) is 5.48 Å². The molecule has 3 amide bonds. The van der Waals surface area contributed by atoms with E-state index < -0.39 is 5.91 Å². The molecule has 0 fully saturated rings. The van der Waals surface area contributed by atoms with Gasteiger partial charge in [-0.05, 0) is 66.8 Å². The third kappa shape index (κ3) is 9.13. The van der Waals surface area contributed by atoms with Gasteiger partial charge in [0.1, 0.15) is 11.5 Å². The standard InChI is InChI=1S/C31H37N3O6/c1-39-26-17-15-23(16-18-26)19-20-32-31(37)25-10-8-9-24(21-25)22-34(27-11-6-7-12-28(27)40-2)30(36)14-5-3-4-13-29(35)33-38/h6-12,15-18,21,38H,3-5,13-14,19-20,22H2,1-2H3,(H,32,37)(H,33,35). The summed E-state index contributed by atoms with van der Waals surface area (Å²) < 4.78 is 10.7. The summed E-state index contributed by atoms with van der Waals surface area (Å²) >= 11 is 0. The Morgan fingerprint density at radius 2 is 1.57 bits per heavy atom. The number of para-hydroxylation sites is 2. The number of hydroxylamine groups is 1. The summed E-state index contributed by atoms with van der Waals surface area (Å²) in [6.45, 7) is 0.750. The minimum Gasteiger partial charge on any atom is -0.497 e. The highest BCUT2D eigenvalue weighted by Gasteiger charge is 2.20. The van der Waals surface area contributed by atoms with Crippen LogP contribution in [-0.2, 0) is 22.6 Å². The van der Waals surface area contributed by atoms with Gasteiger partial charge in [0, 0.05) is 24.9 Å². The predicted octanol–water partition coefficient (Wildman–Crippen LogP) is 4.67. The lowest BCUT2D eigenvalue weighted by molar-refractivity contribution is -0.129. The molecule has 9 heteroatoms. The molecule has 0 heterocycles. The number of nitrogens with zero attached hydrogens (tertiary/aromatic N) is 1. The molecule has 0 aliphatic carbocycles. The molecule has 9 nitrogen and oxygen atoms in total. The fourth-order valence-electron chi connectivity index (χ4n) is 4.30. The Morgan fingerprint density at radius 3 is 2.30 bits per heavy atom. The van der Waals surface area contributed by atoms with Crippen LogP contribution in [0.25, 0.3) is 0 Å². The van der Waals surface area contributed by atoms with Crippen molar-refractivity contribution in [2.45, 2.75) is 45.1 Å². The number of hydrogen-bond donors (Lipinski definition) is 3. The number of nitrogens with one attached hydrogen (secondary N) is 2. The van der Waals surface area contributed by atoms with E-state index in [1.807, 2.05) is 54.6 Å². The number of carbonyl (C=O) groups excluding carboxylic acids is 3. The number of amides is 3. The van der Waals surface area contributed by atoms with Gasteiger partial charge in [0.2, 0.25) is 11.8 Å². The molecular weight excluding hydrogens is 510 g/mol. The Bertz CT molecular complexity index is 1260. The van der Waals surface area contributed by atoms with Crippen LogP contribution in [0.4, 0.5) is 5.69 Å². The summed E-state index contributed by atoms with van der Waals surface area (Å²) in [5.41, 5.74) is 4.68. The highest BCUT2D eigenvalue weighted by atomic mass is 16.5. The highest BCUT2D eigenvalue weighted by molar-refractivity contribution is 5.96. The van der Waals surface area contributed by atoms with Crippen LogP contribution < -0.4 is 25.2 Å². The van der Waals surface area contributed by atoms with E-state index >= 15 is 0 Å². The molecule has 212 valence electrons. The summed E-state index contributed by atoms with van der Waals surface area (Å²) in [5, 5.41) is 11.6. The summed E-state index contributed by atoms with van der Waals surface area (Å²) in [7, 11) is 3.18. The summed E-state index contributed by atoms with van der Waals surface area (Å²) in [5.74, 6) is 0.648. The van der Waals surface area contributed by atoms with Crippen LogP contribution in [0.5, 0.6) is 11.5 Å². The highest BCUT2D eigenvalue weighted by Crippen LogP contribution is 2.30. The van der Waals surface area contributed by atoms with Gasteiger partial charge in [0.25, 0.3) is 5.91 Å². The van der Waals surface area contributed by atoms with Gasteiger partial charge in [-0.15, -0.1) is 0 Å². The maximum atomic E-state index is 13.4. The van der Waals surface area contributed by atoms with Crippen molar-refractivity contribution in [2.75, 3.05) is 25.7 Å². The summed E-state index contributed by atoms with van der Waals surface area (Å²) in [6.07, 6.45) is 3.02. The molecule has 3 aromatic rings. The zero-order valence-corrected chi connectivity index (χ0v) is 23.0. The topological polar surface area (TPSA) is 117 Å². The lowest BCUT2D eigenvalue weighted by Crippen LogP contribution is -2.31. The van der Waals surface area contributed by atoms with Crippen molar-refractivity contribution in [3.8, 4) is 11.5 Å². The van der Waals surface area contributed by atoms with Crippen molar-refractivity contribution >= 4 is 23.4 Å². The van der Waals surface area contributed by atoms with E-state index in [1.165, 1.54) is 0 Å². The molecule has 0 unspecified atom stereocenters. The third-order valence-corrected chi connectivity index (χ3v) is 6.48. The minimum atomic E-state index is -0.438. The first kappa shape index (κ1) is 30.2. The second-order valence-corrected chi connectivity index (χ2v) is 9.30. The fraction of sp³-hybridized carbons (Fsp3) is 0.323. The van der Waals surface area contributed by atoms with Crippen molar-refractivity contribution in [1.29, 1.82) is 0 Å². The van der Waals surface area contributed by atoms with Crippen molar-refractivity contribution in [3.63, 3.8) is 0 Å². The van der Waals surface area contributed by atoms with E-state index in [0.717, 1.165) is 16.9 Å².